The molecule has 9 rings (SSSR count). The lowest BCUT2D eigenvalue weighted by molar-refractivity contribution is 0.0178. The van der Waals surface area contributed by atoms with Crippen LogP contribution in [0.4, 0.5) is 0 Å². The summed E-state index contributed by atoms with van der Waals surface area (Å²) in [5, 5.41) is 0. The number of aromatic nitrogens is 3. The zero-order valence-electron chi connectivity index (χ0n) is 12.0. The molecule has 5 heteroatoms. The second-order valence-electron chi connectivity index (χ2n) is 9.35. The normalized spacial score (nSPS) is 62.9. The molecule has 5 nitrogen and oxygen atoms in total. The van der Waals surface area contributed by atoms with Crippen LogP contribution in [-0.4, -0.2) is 13.9 Å². The Morgan fingerprint density at radius 1 is 0.905 bits per heavy atom. The third-order valence-corrected chi connectivity index (χ3v) is 9.27. The summed E-state index contributed by atoms with van der Waals surface area (Å²) in [5.41, 5.74) is 1.41. The smallest absolute Gasteiger partial charge is 0.246 e. The van der Waals surface area contributed by atoms with Crippen molar-refractivity contribution in [3.05, 3.63) is 21.0 Å². The first-order valence-electron chi connectivity index (χ1n) is 8.49. The van der Waals surface area contributed by atoms with E-state index < -0.39 is 0 Å². The largest absolute Gasteiger partial charge is 0.347 e. The van der Waals surface area contributed by atoms with E-state index in [-0.39, 0.29) is 11.4 Å². The first kappa shape index (κ1) is 9.70. The molecule has 1 aromatic rings. The predicted molar refractivity (Wildman–Crippen MR) is 71.7 cm³/mol. The molecule has 3 spiro atoms. The lowest BCUT2D eigenvalue weighted by Gasteiger charge is -2.45. The molecule has 108 valence electrons. The summed E-state index contributed by atoms with van der Waals surface area (Å²) in [5.74, 6) is 3.23. The van der Waals surface area contributed by atoms with E-state index in [4.69, 9.17) is 0 Å². The van der Waals surface area contributed by atoms with Gasteiger partial charge in [-0.05, 0) is 54.8 Å². The van der Waals surface area contributed by atoms with E-state index in [9.17, 15) is 9.59 Å². The molecule has 0 unspecified atom stereocenters. The summed E-state index contributed by atoms with van der Waals surface area (Å²) in [7, 11) is 1.65. The van der Waals surface area contributed by atoms with Gasteiger partial charge in [-0.1, -0.05) is 0 Å². The molecular formula is C16H17N3O2. The van der Waals surface area contributed by atoms with Crippen molar-refractivity contribution in [2.45, 2.75) is 37.8 Å². The quantitative estimate of drug-likeness (QED) is 0.696. The summed E-state index contributed by atoms with van der Waals surface area (Å²) in [4.78, 5) is 25.3. The van der Waals surface area contributed by atoms with Gasteiger partial charge in [-0.15, -0.1) is 0 Å². The van der Waals surface area contributed by atoms with Crippen LogP contribution in [-0.2, 0) is 7.05 Å². The average molecular weight is 283 g/mol. The Kier molecular flexibility index (Phi) is 0.943. The van der Waals surface area contributed by atoms with Crippen LogP contribution in [0.5, 0.6) is 0 Å². The Balaban J connectivity index is 1.55. The minimum absolute atomic E-state index is 0.0497. The van der Waals surface area contributed by atoms with Crippen LogP contribution in [0.2, 0.25) is 0 Å². The zero-order valence-corrected chi connectivity index (χ0v) is 12.0. The van der Waals surface area contributed by atoms with Crippen molar-refractivity contribution in [2.24, 2.45) is 47.0 Å². The molecule has 1 aromatic heterocycles. The molecule has 0 aromatic carbocycles. The molecule has 2 aliphatic heterocycles. The molecule has 2 bridgehead atoms. The van der Waals surface area contributed by atoms with Crippen LogP contribution >= 0.6 is 0 Å². The summed E-state index contributed by atoms with van der Waals surface area (Å²) in [6.07, 6.45) is 5.57. The number of nitrogens with zero attached hydrogens (tertiary/aromatic N) is 3. The number of hydrogen-bond acceptors (Lipinski definition) is 2. The fraction of sp³-hybridized carbons (Fsp3) is 0.875. The van der Waals surface area contributed by atoms with Crippen LogP contribution in [0, 0.1) is 39.9 Å². The van der Waals surface area contributed by atoms with Gasteiger partial charge in [0.25, 0.3) is 0 Å². The van der Waals surface area contributed by atoms with E-state index in [0.717, 1.165) is 23.7 Å². The Hall–Kier alpha value is -1.26. The first-order valence-corrected chi connectivity index (χ1v) is 8.49. The lowest BCUT2D eigenvalue weighted by atomic mass is 9.73. The number of hydrogen-bond donors (Lipinski definition) is 0. The fourth-order valence-electron chi connectivity index (χ4n) is 9.08. The summed E-state index contributed by atoms with van der Waals surface area (Å²) in [6, 6.07) is 0.757. The van der Waals surface area contributed by atoms with Crippen molar-refractivity contribution in [1.82, 2.24) is 13.9 Å². The summed E-state index contributed by atoms with van der Waals surface area (Å²) >= 11 is 0. The third kappa shape index (κ3) is 0.561. The molecule has 6 fully saturated rings. The molecule has 21 heavy (non-hydrogen) atoms. The van der Waals surface area contributed by atoms with Gasteiger partial charge in [0.15, 0.2) is 0 Å². The highest BCUT2D eigenvalue weighted by molar-refractivity contribution is 5.52. The van der Waals surface area contributed by atoms with Gasteiger partial charge < -0.3 is 0 Å². The van der Waals surface area contributed by atoms with Gasteiger partial charge in [0.1, 0.15) is 0 Å². The molecular weight excluding hydrogens is 266 g/mol. The second-order valence-corrected chi connectivity index (χ2v) is 9.35. The topological polar surface area (TPSA) is 48.9 Å². The summed E-state index contributed by atoms with van der Waals surface area (Å²) < 4.78 is 5.21. The molecule has 6 atom stereocenters. The fourth-order valence-corrected chi connectivity index (χ4v) is 9.08. The molecule has 0 amide bonds. The van der Waals surface area contributed by atoms with Crippen molar-refractivity contribution >= 4 is 0 Å². The Morgan fingerprint density at radius 2 is 1.43 bits per heavy atom. The van der Waals surface area contributed by atoms with Gasteiger partial charge in [-0.2, -0.15) is 0 Å². The highest BCUT2D eigenvalue weighted by Crippen LogP contribution is 3.08. The van der Waals surface area contributed by atoms with Crippen molar-refractivity contribution in [3.8, 4) is 0 Å². The van der Waals surface area contributed by atoms with Crippen molar-refractivity contribution in [2.75, 3.05) is 0 Å². The van der Waals surface area contributed by atoms with Gasteiger partial charge in [0.2, 0.25) is 0 Å². The second kappa shape index (κ2) is 2.04. The molecule has 6 saturated carbocycles. The average Bonchev–Trinajstić information content (AvgIpc) is 3.34. The van der Waals surface area contributed by atoms with E-state index in [1.807, 2.05) is 9.36 Å². The predicted octanol–water partition coefficient (Wildman–Crippen LogP) is 0.510. The maximum Gasteiger partial charge on any atom is 0.347 e. The van der Waals surface area contributed by atoms with Gasteiger partial charge in [-0.25, -0.2) is 23.5 Å². The Morgan fingerprint density at radius 3 is 1.90 bits per heavy atom. The molecule has 0 saturated heterocycles. The van der Waals surface area contributed by atoms with Crippen LogP contribution < -0.4 is 11.4 Å². The van der Waals surface area contributed by atoms with Gasteiger partial charge in [0.05, 0.1) is 12.1 Å². The molecule has 3 heterocycles. The Labute approximate surface area is 120 Å². The van der Waals surface area contributed by atoms with Crippen molar-refractivity contribution < 1.29 is 0 Å². The van der Waals surface area contributed by atoms with E-state index in [1.54, 1.807) is 7.05 Å². The van der Waals surface area contributed by atoms with E-state index in [0.29, 0.717) is 28.3 Å². The Bertz CT molecular complexity index is 865. The first-order chi connectivity index (χ1) is 10.1. The van der Waals surface area contributed by atoms with Crippen LogP contribution in [0.3, 0.4) is 0 Å². The standard InChI is InChI=1S/C16H17N3O2/c1-17-12(20)18-10-7-6-8(7)11(19(18)13(17)21)16-5-14(2-3-14)4-15(10,16)9(6)16/h6-11H,2-5H2,1H3/t6?,7-,8-,9?,10-,11-,15-,16-/m0/s1. The van der Waals surface area contributed by atoms with Gasteiger partial charge in [0, 0.05) is 17.9 Å². The molecule has 0 N–H and O–H groups in total. The van der Waals surface area contributed by atoms with Crippen LogP contribution in [0.25, 0.3) is 0 Å². The van der Waals surface area contributed by atoms with Gasteiger partial charge in [-0.3, -0.25) is 0 Å². The monoisotopic (exact) mass is 283 g/mol. The van der Waals surface area contributed by atoms with E-state index >= 15 is 0 Å². The van der Waals surface area contributed by atoms with Crippen LogP contribution in [0.1, 0.15) is 37.8 Å². The van der Waals surface area contributed by atoms with Crippen molar-refractivity contribution in [3.63, 3.8) is 0 Å². The molecule has 6 aliphatic carbocycles. The molecule has 0 radical (unpaired) electrons. The third-order valence-electron chi connectivity index (χ3n) is 9.27. The lowest BCUT2D eigenvalue weighted by Crippen LogP contribution is -2.51. The van der Waals surface area contributed by atoms with Gasteiger partial charge >= 0.3 is 11.4 Å². The minimum Gasteiger partial charge on any atom is -0.246 e. The number of rotatable bonds is 0. The highest BCUT2D eigenvalue weighted by Gasteiger charge is 3.05. The zero-order chi connectivity index (χ0) is 13.7. The maximum atomic E-state index is 12.6. The van der Waals surface area contributed by atoms with Crippen molar-refractivity contribution in [1.29, 1.82) is 0 Å². The van der Waals surface area contributed by atoms with Crippen LogP contribution in [0.15, 0.2) is 9.59 Å². The van der Waals surface area contributed by atoms with E-state index in [1.165, 1.54) is 30.3 Å². The highest BCUT2D eigenvalue weighted by atomic mass is 16.2. The molecule has 8 aliphatic rings. The minimum atomic E-state index is -0.0497. The SMILES string of the molecule is Cn1c(=O)n2n(c1=O)[C@H]1[C@H]3C4C5[C@@]6(CC7(CC7)C[C@]516)[C@@H]2[C@@H]43. The van der Waals surface area contributed by atoms with E-state index in [2.05, 4.69) is 0 Å². The maximum absolute atomic E-state index is 12.6. The summed E-state index contributed by atoms with van der Waals surface area (Å²) in [6.45, 7) is 0.